The first-order valence-corrected chi connectivity index (χ1v) is 9.29. The molecule has 0 radical (unpaired) electrons. The van der Waals surface area contributed by atoms with E-state index in [1.54, 1.807) is 0 Å². The summed E-state index contributed by atoms with van der Waals surface area (Å²) in [5, 5.41) is 5.96. The average Bonchev–Trinajstić information content (AvgIpc) is 3.34. The van der Waals surface area contributed by atoms with E-state index in [9.17, 15) is 4.79 Å². The lowest BCUT2D eigenvalue weighted by Gasteiger charge is -2.27. The van der Waals surface area contributed by atoms with Crippen molar-refractivity contribution in [2.24, 2.45) is 0 Å². The van der Waals surface area contributed by atoms with Crippen LogP contribution in [0.4, 0.5) is 0 Å². The van der Waals surface area contributed by atoms with E-state index in [2.05, 4.69) is 24.0 Å². The molecule has 3 aromatic rings. The van der Waals surface area contributed by atoms with Gasteiger partial charge in [0.25, 0.3) is 5.91 Å². The molecule has 0 N–H and O–H groups in total. The molecule has 6 heteroatoms. The SMILES string of the molecule is CCC(C)N(CCc1nc(-c2ccccc2)no1)C(=O)c1cccs1. The summed E-state index contributed by atoms with van der Waals surface area (Å²) in [7, 11) is 0. The molecule has 0 aliphatic heterocycles. The molecule has 0 aliphatic rings. The summed E-state index contributed by atoms with van der Waals surface area (Å²) >= 11 is 1.47. The zero-order chi connectivity index (χ0) is 17.6. The van der Waals surface area contributed by atoms with Crippen LogP contribution in [0.5, 0.6) is 0 Å². The quantitative estimate of drug-likeness (QED) is 0.635. The van der Waals surface area contributed by atoms with Gasteiger partial charge >= 0.3 is 0 Å². The van der Waals surface area contributed by atoms with Gasteiger partial charge in [-0.25, -0.2) is 0 Å². The zero-order valence-electron chi connectivity index (χ0n) is 14.4. The van der Waals surface area contributed by atoms with Crippen LogP contribution in [0.1, 0.15) is 35.8 Å². The number of nitrogens with zero attached hydrogens (tertiary/aromatic N) is 3. The summed E-state index contributed by atoms with van der Waals surface area (Å²) in [5.74, 6) is 1.19. The van der Waals surface area contributed by atoms with Crippen molar-refractivity contribution in [3.63, 3.8) is 0 Å². The third kappa shape index (κ3) is 4.14. The average molecular weight is 355 g/mol. The molecule has 25 heavy (non-hydrogen) atoms. The van der Waals surface area contributed by atoms with Gasteiger partial charge in [0.2, 0.25) is 11.7 Å². The molecule has 0 saturated carbocycles. The Kier molecular flexibility index (Phi) is 5.60. The number of aromatic nitrogens is 2. The van der Waals surface area contributed by atoms with Gasteiger partial charge in [0.05, 0.1) is 4.88 Å². The van der Waals surface area contributed by atoms with Crippen LogP contribution in [0, 0.1) is 0 Å². The second-order valence-corrected chi connectivity index (χ2v) is 6.81. The van der Waals surface area contributed by atoms with Gasteiger partial charge in [-0.3, -0.25) is 4.79 Å². The molecular weight excluding hydrogens is 334 g/mol. The van der Waals surface area contributed by atoms with Crippen molar-refractivity contribution < 1.29 is 9.32 Å². The number of thiophene rings is 1. The minimum absolute atomic E-state index is 0.0622. The van der Waals surface area contributed by atoms with Gasteiger partial charge in [0.15, 0.2) is 0 Å². The van der Waals surface area contributed by atoms with Crippen molar-refractivity contribution in [1.82, 2.24) is 15.0 Å². The van der Waals surface area contributed by atoms with Crippen molar-refractivity contribution in [1.29, 1.82) is 0 Å². The lowest BCUT2D eigenvalue weighted by atomic mass is 10.2. The first-order chi connectivity index (χ1) is 12.2. The molecule has 0 aliphatic carbocycles. The van der Waals surface area contributed by atoms with Crippen LogP contribution in [0.2, 0.25) is 0 Å². The molecule has 130 valence electrons. The van der Waals surface area contributed by atoms with E-state index in [0.717, 1.165) is 16.9 Å². The van der Waals surface area contributed by atoms with Gasteiger partial charge in [0.1, 0.15) is 0 Å². The van der Waals surface area contributed by atoms with Gasteiger partial charge < -0.3 is 9.42 Å². The Morgan fingerprint density at radius 2 is 2.04 bits per heavy atom. The maximum Gasteiger partial charge on any atom is 0.264 e. The Bertz CT molecular complexity index is 799. The molecule has 1 amide bonds. The number of carbonyl (C=O) groups excluding carboxylic acids is 1. The van der Waals surface area contributed by atoms with Crippen molar-refractivity contribution in [2.75, 3.05) is 6.54 Å². The molecule has 5 nitrogen and oxygen atoms in total. The van der Waals surface area contributed by atoms with Crippen LogP contribution in [0.3, 0.4) is 0 Å². The van der Waals surface area contributed by atoms with Crippen molar-refractivity contribution in [3.05, 3.63) is 58.6 Å². The van der Waals surface area contributed by atoms with E-state index in [0.29, 0.717) is 24.7 Å². The number of hydrogen-bond donors (Lipinski definition) is 0. The van der Waals surface area contributed by atoms with Gasteiger partial charge in [-0.1, -0.05) is 48.5 Å². The zero-order valence-corrected chi connectivity index (χ0v) is 15.2. The van der Waals surface area contributed by atoms with E-state index in [1.807, 2.05) is 52.7 Å². The number of amides is 1. The largest absolute Gasteiger partial charge is 0.339 e. The normalized spacial score (nSPS) is 12.1. The molecule has 2 aromatic heterocycles. The Labute approximate surface area is 151 Å². The molecule has 1 unspecified atom stereocenters. The van der Waals surface area contributed by atoms with Crippen LogP contribution in [0.25, 0.3) is 11.4 Å². The Morgan fingerprint density at radius 3 is 2.72 bits per heavy atom. The Balaban J connectivity index is 1.69. The third-order valence-corrected chi connectivity index (χ3v) is 5.04. The molecule has 1 atom stereocenters. The fourth-order valence-corrected chi connectivity index (χ4v) is 3.24. The molecule has 0 fully saturated rings. The van der Waals surface area contributed by atoms with Crippen molar-refractivity contribution in [2.45, 2.75) is 32.7 Å². The van der Waals surface area contributed by atoms with Crippen molar-refractivity contribution >= 4 is 17.2 Å². The highest BCUT2D eigenvalue weighted by Crippen LogP contribution is 2.18. The van der Waals surface area contributed by atoms with Crippen LogP contribution in [-0.2, 0) is 6.42 Å². The van der Waals surface area contributed by atoms with Crippen molar-refractivity contribution in [3.8, 4) is 11.4 Å². The third-order valence-electron chi connectivity index (χ3n) is 4.18. The molecule has 0 spiro atoms. The first kappa shape index (κ1) is 17.4. The maximum absolute atomic E-state index is 12.7. The highest BCUT2D eigenvalue weighted by Gasteiger charge is 2.22. The lowest BCUT2D eigenvalue weighted by molar-refractivity contribution is 0.0691. The maximum atomic E-state index is 12.7. The summed E-state index contributed by atoms with van der Waals surface area (Å²) in [6.45, 7) is 4.70. The number of rotatable bonds is 7. The standard InChI is InChI=1S/C19H21N3O2S/c1-3-14(2)22(19(23)16-10-7-13-25-16)12-11-17-20-18(21-24-17)15-8-5-4-6-9-15/h4-10,13-14H,3,11-12H2,1-2H3. The van der Waals surface area contributed by atoms with Crippen LogP contribution in [-0.4, -0.2) is 33.5 Å². The minimum Gasteiger partial charge on any atom is -0.339 e. The molecule has 1 aromatic carbocycles. The summed E-state index contributed by atoms with van der Waals surface area (Å²) in [6.07, 6.45) is 1.44. The van der Waals surface area contributed by atoms with Crippen LogP contribution >= 0.6 is 11.3 Å². The van der Waals surface area contributed by atoms with E-state index in [1.165, 1.54) is 11.3 Å². The molecule has 0 saturated heterocycles. The number of benzene rings is 1. The number of hydrogen-bond acceptors (Lipinski definition) is 5. The highest BCUT2D eigenvalue weighted by atomic mass is 32.1. The molecular formula is C19H21N3O2S. The van der Waals surface area contributed by atoms with E-state index in [-0.39, 0.29) is 11.9 Å². The lowest BCUT2D eigenvalue weighted by Crippen LogP contribution is -2.39. The summed E-state index contributed by atoms with van der Waals surface area (Å²) < 4.78 is 5.36. The Morgan fingerprint density at radius 1 is 1.24 bits per heavy atom. The summed E-state index contributed by atoms with van der Waals surface area (Å²) in [4.78, 5) is 19.8. The van der Waals surface area contributed by atoms with Crippen LogP contribution in [0.15, 0.2) is 52.4 Å². The van der Waals surface area contributed by atoms with Gasteiger partial charge in [0, 0.05) is 24.6 Å². The summed E-state index contributed by atoms with van der Waals surface area (Å²) in [5.41, 5.74) is 0.922. The minimum atomic E-state index is 0.0622. The molecule has 2 heterocycles. The second-order valence-electron chi connectivity index (χ2n) is 5.86. The topological polar surface area (TPSA) is 59.2 Å². The number of carbonyl (C=O) groups is 1. The fraction of sp³-hybridized carbons (Fsp3) is 0.316. The van der Waals surface area contributed by atoms with E-state index < -0.39 is 0 Å². The predicted octanol–water partition coefficient (Wildman–Crippen LogP) is 4.28. The van der Waals surface area contributed by atoms with Gasteiger partial charge in [-0.2, -0.15) is 4.98 Å². The monoisotopic (exact) mass is 355 g/mol. The first-order valence-electron chi connectivity index (χ1n) is 8.41. The second kappa shape index (κ2) is 8.07. The van der Waals surface area contributed by atoms with Crippen LogP contribution < -0.4 is 0 Å². The van der Waals surface area contributed by atoms with Gasteiger partial charge in [-0.05, 0) is 24.8 Å². The molecule has 3 rings (SSSR count). The smallest absolute Gasteiger partial charge is 0.264 e. The molecule has 0 bridgehead atoms. The highest BCUT2D eigenvalue weighted by molar-refractivity contribution is 7.12. The van der Waals surface area contributed by atoms with E-state index in [4.69, 9.17) is 4.52 Å². The van der Waals surface area contributed by atoms with Gasteiger partial charge in [-0.15, -0.1) is 11.3 Å². The fourth-order valence-electron chi connectivity index (χ4n) is 2.56. The Hall–Kier alpha value is -2.47. The van der Waals surface area contributed by atoms with E-state index >= 15 is 0 Å². The summed E-state index contributed by atoms with van der Waals surface area (Å²) in [6, 6.07) is 13.6. The predicted molar refractivity (Wildman–Crippen MR) is 98.5 cm³/mol.